The average molecular weight is 648 g/mol. The number of halogens is 2. The van der Waals surface area contributed by atoms with Crippen molar-refractivity contribution in [2.45, 2.75) is 31.2 Å². The zero-order chi connectivity index (χ0) is 32.6. The standard InChI is InChI=1S/C33H31F2N5O5S/c34-33(35)45-25-16-26(32(43)39-29(20-7-3-1-4-8-20)27-15-22(19-46-27)30(36)37)40(18-25)28(41)17-38-31(42)21-11-13-24(14-12-21)44-23-9-5-2-6-10-23/h1-15,19,25-26,29,33H,16-18H2,(H3,36,37)(H,38,42)(H,39,43)/t25-,26+,29?/m1/s1. The molecule has 1 saturated heterocycles. The number of hydrogen-bond donors (Lipinski definition) is 4. The number of amides is 3. The molecule has 4 aromatic rings. The number of nitrogen functional groups attached to an aromatic ring is 1. The Morgan fingerprint density at radius 1 is 0.957 bits per heavy atom. The first-order valence-electron chi connectivity index (χ1n) is 14.3. The zero-order valence-corrected chi connectivity index (χ0v) is 25.2. The van der Waals surface area contributed by atoms with Crippen LogP contribution in [0.4, 0.5) is 8.78 Å². The summed E-state index contributed by atoms with van der Waals surface area (Å²) in [6.07, 6.45) is -1.25. The van der Waals surface area contributed by atoms with E-state index in [4.69, 9.17) is 15.9 Å². The number of thiophene rings is 1. The molecule has 0 radical (unpaired) electrons. The molecule has 0 bridgehead atoms. The Hall–Kier alpha value is -5.14. The van der Waals surface area contributed by atoms with E-state index < -0.39 is 49.1 Å². The molecular formula is C33H31F2N5O5S. The van der Waals surface area contributed by atoms with Crippen LogP contribution >= 0.6 is 11.3 Å². The van der Waals surface area contributed by atoms with Gasteiger partial charge in [-0.15, -0.1) is 11.3 Å². The molecule has 13 heteroatoms. The molecule has 3 amide bonds. The molecule has 3 atom stereocenters. The SMILES string of the molecule is N=C(N)c1csc(C(NC(=O)[C@@H]2C[C@@H](OC(F)F)CN2C(=O)CNC(=O)c2ccc(Oc3ccccc3)cc2)c2ccccc2)c1. The molecule has 46 heavy (non-hydrogen) atoms. The number of nitrogens with two attached hydrogens (primary N) is 1. The number of nitrogens with zero attached hydrogens (tertiary/aromatic N) is 1. The maximum Gasteiger partial charge on any atom is 0.345 e. The van der Waals surface area contributed by atoms with Gasteiger partial charge in [0.25, 0.3) is 5.91 Å². The summed E-state index contributed by atoms with van der Waals surface area (Å²) < 4.78 is 36.7. The van der Waals surface area contributed by atoms with Crippen molar-refractivity contribution in [2.24, 2.45) is 5.73 Å². The van der Waals surface area contributed by atoms with Crippen LogP contribution in [-0.4, -0.2) is 60.3 Å². The molecule has 0 saturated carbocycles. The molecule has 3 aromatic carbocycles. The van der Waals surface area contributed by atoms with Gasteiger partial charge in [0.05, 0.1) is 18.7 Å². The van der Waals surface area contributed by atoms with E-state index in [9.17, 15) is 23.2 Å². The minimum absolute atomic E-state index is 0.126. The maximum atomic E-state index is 13.7. The van der Waals surface area contributed by atoms with Crippen molar-refractivity contribution in [3.05, 3.63) is 118 Å². The zero-order valence-electron chi connectivity index (χ0n) is 24.4. The Labute approximate surface area is 267 Å². The van der Waals surface area contributed by atoms with E-state index in [-0.39, 0.29) is 24.4 Å². The molecule has 5 rings (SSSR count). The maximum absolute atomic E-state index is 13.7. The Morgan fingerprint density at radius 2 is 1.61 bits per heavy atom. The molecule has 5 N–H and O–H groups in total. The van der Waals surface area contributed by atoms with Crippen LogP contribution in [0.15, 0.2) is 96.4 Å². The molecule has 0 aliphatic carbocycles. The van der Waals surface area contributed by atoms with Crippen molar-refractivity contribution >= 4 is 34.9 Å². The number of para-hydroxylation sites is 1. The molecule has 2 heterocycles. The Bertz CT molecular complexity index is 1670. The smallest absolute Gasteiger partial charge is 0.345 e. The van der Waals surface area contributed by atoms with Crippen molar-refractivity contribution in [1.82, 2.24) is 15.5 Å². The lowest BCUT2D eigenvalue weighted by molar-refractivity contribution is -0.160. The first-order valence-corrected chi connectivity index (χ1v) is 15.2. The van der Waals surface area contributed by atoms with Crippen LogP contribution in [0.1, 0.15) is 38.8 Å². The van der Waals surface area contributed by atoms with Crippen molar-refractivity contribution in [2.75, 3.05) is 13.1 Å². The van der Waals surface area contributed by atoms with Crippen molar-refractivity contribution in [3.63, 3.8) is 0 Å². The first-order chi connectivity index (χ1) is 22.2. The van der Waals surface area contributed by atoms with Gasteiger partial charge in [0.15, 0.2) is 0 Å². The van der Waals surface area contributed by atoms with E-state index in [0.717, 1.165) is 10.5 Å². The molecule has 1 unspecified atom stereocenters. The predicted molar refractivity (Wildman–Crippen MR) is 168 cm³/mol. The number of ether oxygens (including phenoxy) is 2. The number of rotatable bonds is 12. The fourth-order valence-electron chi connectivity index (χ4n) is 5.07. The number of carbonyl (C=O) groups is 3. The third-order valence-electron chi connectivity index (χ3n) is 7.31. The molecule has 1 aliphatic rings. The van der Waals surface area contributed by atoms with Gasteiger partial charge >= 0.3 is 6.61 Å². The number of likely N-dealkylation sites (tertiary alicyclic amines) is 1. The Balaban J connectivity index is 1.27. The van der Waals surface area contributed by atoms with Crippen LogP contribution in [0, 0.1) is 5.41 Å². The average Bonchev–Trinajstić information content (AvgIpc) is 3.72. The first kappa shape index (κ1) is 32.3. The molecular weight excluding hydrogens is 616 g/mol. The second-order valence-electron chi connectivity index (χ2n) is 10.4. The van der Waals surface area contributed by atoms with Crippen LogP contribution < -0.4 is 21.1 Å². The molecule has 1 aliphatic heterocycles. The van der Waals surface area contributed by atoms with Crippen LogP contribution in [-0.2, 0) is 14.3 Å². The number of carbonyl (C=O) groups excluding carboxylic acids is 3. The summed E-state index contributed by atoms with van der Waals surface area (Å²) in [5.74, 6) is -0.731. The minimum atomic E-state index is -3.09. The summed E-state index contributed by atoms with van der Waals surface area (Å²) in [6, 6.07) is 24.4. The third-order valence-corrected chi connectivity index (χ3v) is 8.31. The van der Waals surface area contributed by atoms with Gasteiger partial charge < -0.3 is 30.7 Å². The van der Waals surface area contributed by atoms with E-state index in [1.807, 2.05) is 36.4 Å². The molecule has 1 fully saturated rings. The topological polar surface area (TPSA) is 147 Å². The van der Waals surface area contributed by atoms with E-state index in [0.29, 0.717) is 21.9 Å². The lowest BCUT2D eigenvalue weighted by Crippen LogP contribution is -2.49. The van der Waals surface area contributed by atoms with Crippen molar-refractivity contribution in [3.8, 4) is 11.5 Å². The lowest BCUT2D eigenvalue weighted by Gasteiger charge is -2.26. The fourth-order valence-corrected chi connectivity index (χ4v) is 6.06. The third kappa shape index (κ3) is 8.11. The number of hydrogen-bond acceptors (Lipinski definition) is 7. The van der Waals surface area contributed by atoms with E-state index >= 15 is 0 Å². The normalized spacial score (nSPS) is 16.5. The number of alkyl halides is 2. The summed E-state index contributed by atoms with van der Waals surface area (Å²) in [5, 5.41) is 14.9. The summed E-state index contributed by atoms with van der Waals surface area (Å²) in [7, 11) is 0. The molecule has 0 spiro atoms. The molecule has 1 aromatic heterocycles. The van der Waals surface area contributed by atoms with E-state index in [2.05, 4.69) is 15.4 Å². The van der Waals surface area contributed by atoms with Gasteiger partial charge in [-0.25, -0.2) is 0 Å². The van der Waals surface area contributed by atoms with Gasteiger partial charge in [-0.2, -0.15) is 8.78 Å². The summed E-state index contributed by atoms with van der Waals surface area (Å²) in [4.78, 5) is 41.7. The number of amidine groups is 1. The number of nitrogens with one attached hydrogen (secondary N) is 3. The fraction of sp³-hybridized carbons (Fsp3) is 0.212. The molecule has 238 valence electrons. The highest BCUT2D eigenvalue weighted by atomic mass is 32.1. The van der Waals surface area contributed by atoms with Gasteiger partial charge in [-0.3, -0.25) is 19.8 Å². The highest BCUT2D eigenvalue weighted by Crippen LogP contribution is 2.30. The summed E-state index contributed by atoms with van der Waals surface area (Å²) in [5.41, 5.74) is 7.14. The van der Waals surface area contributed by atoms with Crippen LogP contribution in [0.3, 0.4) is 0 Å². The van der Waals surface area contributed by atoms with E-state index in [1.165, 1.54) is 11.3 Å². The predicted octanol–water partition coefficient (Wildman–Crippen LogP) is 4.67. The monoisotopic (exact) mass is 647 g/mol. The lowest BCUT2D eigenvalue weighted by atomic mass is 10.0. The van der Waals surface area contributed by atoms with Crippen molar-refractivity contribution in [1.29, 1.82) is 5.41 Å². The summed E-state index contributed by atoms with van der Waals surface area (Å²) in [6.45, 7) is -3.82. The quantitative estimate of drug-likeness (QED) is 0.130. The van der Waals surface area contributed by atoms with Gasteiger partial charge in [-0.1, -0.05) is 48.5 Å². The largest absolute Gasteiger partial charge is 0.457 e. The van der Waals surface area contributed by atoms with Gasteiger partial charge in [0.2, 0.25) is 11.8 Å². The van der Waals surface area contributed by atoms with Crippen LogP contribution in [0.25, 0.3) is 0 Å². The van der Waals surface area contributed by atoms with Crippen LogP contribution in [0.2, 0.25) is 0 Å². The van der Waals surface area contributed by atoms with Gasteiger partial charge in [0, 0.05) is 34.3 Å². The summed E-state index contributed by atoms with van der Waals surface area (Å²) >= 11 is 1.30. The van der Waals surface area contributed by atoms with Crippen LogP contribution in [0.5, 0.6) is 11.5 Å². The second-order valence-corrected chi connectivity index (χ2v) is 11.4. The number of benzene rings is 3. The highest BCUT2D eigenvalue weighted by molar-refractivity contribution is 7.10. The van der Waals surface area contributed by atoms with Crippen molar-refractivity contribution < 1.29 is 32.6 Å². The Morgan fingerprint density at radius 3 is 2.24 bits per heavy atom. The van der Waals surface area contributed by atoms with E-state index in [1.54, 1.807) is 60.0 Å². The Kier molecular flexibility index (Phi) is 10.4. The van der Waals surface area contributed by atoms with Gasteiger partial charge in [0.1, 0.15) is 23.4 Å². The van der Waals surface area contributed by atoms with Gasteiger partial charge in [-0.05, 0) is 48.0 Å². The second kappa shape index (κ2) is 14.8. The minimum Gasteiger partial charge on any atom is -0.457 e. The molecule has 10 nitrogen and oxygen atoms in total. The highest BCUT2D eigenvalue weighted by Gasteiger charge is 2.42.